The summed E-state index contributed by atoms with van der Waals surface area (Å²) in [5, 5.41) is 9.58. The number of amides is 2. The van der Waals surface area contributed by atoms with Gasteiger partial charge in [0.25, 0.3) is 0 Å². The molecule has 1 heterocycles. The summed E-state index contributed by atoms with van der Waals surface area (Å²) >= 11 is 0. The molecule has 1 saturated heterocycles. The highest BCUT2D eigenvalue weighted by Gasteiger charge is 2.55. The van der Waals surface area contributed by atoms with Gasteiger partial charge in [-0.05, 0) is 77.4 Å². The van der Waals surface area contributed by atoms with Gasteiger partial charge >= 0.3 is 6.03 Å². The Labute approximate surface area is 194 Å². The van der Waals surface area contributed by atoms with Crippen LogP contribution in [0.2, 0.25) is 0 Å². The second-order valence-corrected chi connectivity index (χ2v) is 11.2. The summed E-state index contributed by atoms with van der Waals surface area (Å²) in [6, 6.07) is 13.5. The summed E-state index contributed by atoms with van der Waals surface area (Å²) in [5.41, 5.74) is 0.821. The molecule has 0 unspecified atom stereocenters. The minimum Gasteiger partial charge on any atom is -0.321 e. The van der Waals surface area contributed by atoms with E-state index < -0.39 is 5.41 Å². The molecule has 3 fully saturated rings. The number of carbonyl (C=O) groups is 1. The van der Waals surface area contributed by atoms with E-state index in [0.717, 1.165) is 45.3 Å². The molecule has 3 aliphatic rings. The maximum Gasteiger partial charge on any atom is 0.320 e. The summed E-state index contributed by atoms with van der Waals surface area (Å²) in [7, 11) is 2.25. The van der Waals surface area contributed by atoms with E-state index in [2.05, 4.69) is 60.2 Å². The molecular formula is C27H40N4O. The van der Waals surface area contributed by atoms with Crippen LogP contribution in [0.25, 0.3) is 0 Å². The van der Waals surface area contributed by atoms with E-state index in [0.29, 0.717) is 12.5 Å². The Kier molecular flexibility index (Phi) is 6.29. The Balaban J connectivity index is 1.61. The van der Waals surface area contributed by atoms with Gasteiger partial charge < -0.3 is 9.80 Å². The van der Waals surface area contributed by atoms with Crippen LogP contribution in [-0.2, 0) is 5.54 Å². The lowest BCUT2D eigenvalue weighted by Crippen LogP contribution is -2.57. The third-order valence-electron chi connectivity index (χ3n) is 8.64. The van der Waals surface area contributed by atoms with E-state index in [1.165, 1.54) is 24.8 Å². The predicted molar refractivity (Wildman–Crippen MR) is 128 cm³/mol. The molecular weight excluding hydrogens is 396 g/mol. The van der Waals surface area contributed by atoms with Crippen LogP contribution in [0, 0.1) is 22.7 Å². The van der Waals surface area contributed by atoms with Crippen LogP contribution >= 0.6 is 0 Å². The largest absolute Gasteiger partial charge is 0.321 e. The minimum atomic E-state index is -0.520. The molecule has 0 bridgehead atoms. The number of rotatable bonds is 7. The third kappa shape index (κ3) is 4.03. The van der Waals surface area contributed by atoms with Crippen LogP contribution in [0.15, 0.2) is 30.3 Å². The molecule has 174 valence electrons. The zero-order valence-corrected chi connectivity index (χ0v) is 20.4. The van der Waals surface area contributed by atoms with Crippen molar-refractivity contribution >= 4 is 6.03 Å². The second-order valence-electron chi connectivity index (χ2n) is 11.2. The fourth-order valence-electron chi connectivity index (χ4n) is 6.22. The second kappa shape index (κ2) is 8.71. The van der Waals surface area contributed by atoms with Crippen molar-refractivity contribution in [3.05, 3.63) is 35.9 Å². The summed E-state index contributed by atoms with van der Waals surface area (Å²) in [4.78, 5) is 20.3. The molecule has 1 spiro atoms. The average Bonchev–Trinajstić information content (AvgIpc) is 3.01. The van der Waals surface area contributed by atoms with Crippen molar-refractivity contribution in [2.75, 3.05) is 33.2 Å². The van der Waals surface area contributed by atoms with Crippen LogP contribution < -0.4 is 0 Å². The number of nitrogens with zero attached hydrogens (tertiary/aromatic N) is 4. The molecule has 0 N–H and O–H groups in total. The summed E-state index contributed by atoms with van der Waals surface area (Å²) in [5.74, 6) is 0.652. The number of carbonyl (C=O) groups excluding carboxylic acids is 1. The molecule has 2 amide bonds. The number of benzene rings is 1. The molecule has 4 rings (SSSR count). The van der Waals surface area contributed by atoms with Gasteiger partial charge in [-0.3, -0.25) is 4.90 Å². The van der Waals surface area contributed by atoms with E-state index in [9.17, 15) is 10.1 Å². The van der Waals surface area contributed by atoms with Crippen molar-refractivity contribution in [2.24, 2.45) is 11.3 Å². The molecule has 1 aliphatic heterocycles. The van der Waals surface area contributed by atoms with Crippen LogP contribution in [0.3, 0.4) is 0 Å². The smallest absolute Gasteiger partial charge is 0.320 e. The highest BCUT2D eigenvalue weighted by atomic mass is 16.2. The van der Waals surface area contributed by atoms with Gasteiger partial charge in [0.15, 0.2) is 0 Å². The van der Waals surface area contributed by atoms with Crippen LogP contribution in [-0.4, -0.2) is 59.5 Å². The molecule has 2 aliphatic carbocycles. The summed E-state index contributed by atoms with van der Waals surface area (Å²) in [6.07, 6.45) is 7.95. The Hall–Kier alpha value is -2.06. The monoisotopic (exact) mass is 436 g/mol. The maximum absolute atomic E-state index is 13.6. The predicted octanol–water partition coefficient (Wildman–Crippen LogP) is 5.23. The van der Waals surface area contributed by atoms with Gasteiger partial charge in [0.1, 0.15) is 0 Å². The van der Waals surface area contributed by atoms with Gasteiger partial charge in [-0.15, -0.1) is 0 Å². The van der Waals surface area contributed by atoms with Crippen molar-refractivity contribution in [1.82, 2.24) is 14.7 Å². The zero-order chi connectivity index (χ0) is 23.0. The lowest BCUT2D eigenvalue weighted by Gasteiger charge is -2.52. The molecule has 0 radical (unpaired) electrons. The van der Waals surface area contributed by atoms with Crippen molar-refractivity contribution in [3.63, 3.8) is 0 Å². The van der Waals surface area contributed by atoms with E-state index in [4.69, 9.17) is 0 Å². The van der Waals surface area contributed by atoms with Gasteiger partial charge in [0, 0.05) is 25.2 Å². The molecule has 0 aromatic heterocycles. The highest BCUT2D eigenvalue weighted by molar-refractivity contribution is 5.78. The summed E-state index contributed by atoms with van der Waals surface area (Å²) in [6.45, 7) is 9.31. The Bertz CT molecular complexity index is 846. The first kappa shape index (κ1) is 23.1. The van der Waals surface area contributed by atoms with E-state index in [1.54, 1.807) is 0 Å². The first-order valence-corrected chi connectivity index (χ1v) is 12.5. The minimum absolute atomic E-state index is 0.0335. The van der Waals surface area contributed by atoms with Crippen molar-refractivity contribution in [2.45, 2.75) is 76.8 Å². The van der Waals surface area contributed by atoms with E-state index >= 15 is 0 Å². The lowest BCUT2D eigenvalue weighted by atomic mass is 9.67. The normalized spacial score (nSPS) is 28.9. The molecule has 0 atom stereocenters. The first-order valence-electron chi connectivity index (χ1n) is 12.5. The topological polar surface area (TPSA) is 50.6 Å². The zero-order valence-electron chi connectivity index (χ0n) is 20.4. The SMILES string of the molecule is CCN(C)C1(c2ccccc2)CCC2(CC1)CN(CC(C)(C)C#N)C(=O)N2CC1CCC1. The molecule has 5 heteroatoms. The third-order valence-corrected chi connectivity index (χ3v) is 8.64. The van der Waals surface area contributed by atoms with Crippen molar-refractivity contribution in [3.8, 4) is 6.07 Å². The Morgan fingerprint density at radius 1 is 1.16 bits per heavy atom. The van der Waals surface area contributed by atoms with Gasteiger partial charge in [-0.25, -0.2) is 4.79 Å². The molecule has 5 nitrogen and oxygen atoms in total. The quantitative estimate of drug-likeness (QED) is 0.588. The summed E-state index contributed by atoms with van der Waals surface area (Å²) < 4.78 is 0. The molecule has 32 heavy (non-hydrogen) atoms. The van der Waals surface area contributed by atoms with E-state index in [-0.39, 0.29) is 17.1 Å². The molecule has 2 saturated carbocycles. The van der Waals surface area contributed by atoms with Crippen LogP contribution in [0.1, 0.15) is 71.3 Å². The average molecular weight is 437 g/mol. The molecule has 1 aromatic rings. The van der Waals surface area contributed by atoms with Gasteiger partial charge in [0.2, 0.25) is 0 Å². The fraction of sp³-hybridized carbons (Fsp3) is 0.704. The lowest BCUT2D eigenvalue weighted by molar-refractivity contribution is 0.00687. The van der Waals surface area contributed by atoms with Crippen LogP contribution in [0.5, 0.6) is 0 Å². The number of urea groups is 1. The van der Waals surface area contributed by atoms with E-state index in [1.807, 2.05) is 18.7 Å². The van der Waals surface area contributed by atoms with Crippen molar-refractivity contribution < 1.29 is 4.79 Å². The van der Waals surface area contributed by atoms with Crippen molar-refractivity contribution in [1.29, 1.82) is 5.26 Å². The Morgan fingerprint density at radius 3 is 2.34 bits per heavy atom. The maximum atomic E-state index is 13.6. The Morgan fingerprint density at radius 2 is 1.81 bits per heavy atom. The molecule has 1 aromatic carbocycles. The van der Waals surface area contributed by atoms with Crippen LogP contribution in [0.4, 0.5) is 4.79 Å². The fourth-order valence-corrected chi connectivity index (χ4v) is 6.22. The number of hydrogen-bond donors (Lipinski definition) is 0. The van der Waals surface area contributed by atoms with Gasteiger partial charge in [-0.2, -0.15) is 5.26 Å². The van der Waals surface area contributed by atoms with Gasteiger partial charge in [-0.1, -0.05) is 43.7 Å². The standard InChI is InChI=1S/C27H40N4O/c1-5-29(4)27(23-12-7-6-8-13-23)16-14-26(15-17-27)21-30(20-25(2,3)19-28)24(32)31(26)18-22-10-9-11-22/h6-8,12-13,22H,5,9-11,14-18,20-21H2,1-4H3. The number of nitriles is 1. The highest BCUT2D eigenvalue weighted by Crippen LogP contribution is 2.50. The number of hydrogen-bond acceptors (Lipinski definition) is 3. The van der Waals surface area contributed by atoms with Gasteiger partial charge in [0.05, 0.1) is 17.0 Å². The first-order chi connectivity index (χ1) is 15.3.